The summed E-state index contributed by atoms with van der Waals surface area (Å²) in [7, 11) is -6.00. The van der Waals surface area contributed by atoms with Crippen LogP contribution in [0.25, 0.3) is 0 Å². The van der Waals surface area contributed by atoms with Gasteiger partial charge in [-0.05, 0) is 12.8 Å². The molecule has 0 fully saturated rings. The van der Waals surface area contributed by atoms with Crippen molar-refractivity contribution in [3.05, 3.63) is 0 Å². The second-order valence-electron chi connectivity index (χ2n) is 2.33. The molecule has 0 aromatic carbocycles. The van der Waals surface area contributed by atoms with Gasteiger partial charge in [0, 0.05) is 13.0 Å². The normalized spacial score (nSPS) is 17.5. The summed E-state index contributed by atoms with van der Waals surface area (Å²) in [5.41, 5.74) is 5.38. The molecular weight excluding hydrogens is 175 g/mol. The van der Waals surface area contributed by atoms with Crippen LogP contribution in [0.3, 0.4) is 0 Å². The zero-order chi connectivity index (χ0) is 9.61. The van der Waals surface area contributed by atoms with E-state index < -0.39 is 7.25 Å². The first-order valence-corrected chi connectivity index (χ1v) is 3.55. The molecular formula is C5H10BF4N2-. The van der Waals surface area contributed by atoms with E-state index in [0.717, 1.165) is 18.8 Å². The van der Waals surface area contributed by atoms with E-state index in [1.165, 1.54) is 12.8 Å². The van der Waals surface area contributed by atoms with E-state index in [1.54, 1.807) is 0 Å². The van der Waals surface area contributed by atoms with E-state index in [0.29, 0.717) is 0 Å². The number of nitrogens with two attached hydrogens (primary N) is 1. The van der Waals surface area contributed by atoms with Crippen molar-refractivity contribution in [3.8, 4) is 0 Å². The molecule has 0 radical (unpaired) electrons. The Labute approximate surface area is 68.0 Å². The van der Waals surface area contributed by atoms with Gasteiger partial charge in [0.25, 0.3) is 0 Å². The lowest BCUT2D eigenvalue weighted by molar-refractivity contribution is 0.368. The monoisotopic (exact) mass is 185 g/mol. The van der Waals surface area contributed by atoms with Gasteiger partial charge >= 0.3 is 7.25 Å². The van der Waals surface area contributed by atoms with E-state index in [9.17, 15) is 17.3 Å². The minimum Gasteiger partial charge on any atom is -0.418 e. The Morgan fingerprint density at radius 1 is 1.17 bits per heavy atom. The average molecular weight is 185 g/mol. The molecule has 0 aromatic rings. The quantitative estimate of drug-likeness (QED) is 0.453. The molecule has 1 aliphatic heterocycles. The Hall–Kier alpha value is -0.745. The van der Waals surface area contributed by atoms with Gasteiger partial charge in [0.2, 0.25) is 0 Å². The molecule has 0 aliphatic carbocycles. The van der Waals surface area contributed by atoms with E-state index in [2.05, 4.69) is 4.99 Å². The molecule has 0 spiro atoms. The van der Waals surface area contributed by atoms with Gasteiger partial charge in [0.05, 0.1) is 5.84 Å². The lowest BCUT2D eigenvalue weighted by Crippen LogP contribution is -2.15. The maximum absolute atomic E-state index is 9.75. The summed E-state index contributed by atoms with van der Waals surface area (Å²) in [4.78, 5) is 4.02. The molecule has 1 heterocycles. The van der Waals surface area contributed by atoms with Crippen LogP contribution in [0.1, 0.15) is 19.3 Å². The van der Waals surface area contributed by atoms with Crippen LogP contribution in [0.4, 0.5) is 17.3 Å². The van der Waals surface area contributed by atoms with E-state index in [1.807, 2.05) is 0 Å². The van der Waals surface area contributed by atoms with Crippen molar-refractivity contribution >= 4 is 13.1 Å². The topological polar surface area (TPSA) is 38.4 Å². The van der Waals surface area contributed by atoms with Crippen LogP contribution in [0.15, 0.2) is 4.99 Å². The molecule has 12 heavy (non-hydrogen) atoms. The second-order valence-corrected chi connectivity index (χ2v) is 2.33. The smallest absolute Gasteiger partial charge is 0.418 e. The van der Waals surface area contributed by atoms with Gasteiger partial charge in [-0.2, -0.15) is 0 Å². The highest BCUT2D eigenvalue weighted by atomic mass is 19.5. The zero-order valence-electron chi connectivity index (χ0n) is 6.44. The fourth-order valence-corrected chi connectivity index (χ4v) is 0.720. The number of hydrogen-bond acceptors (Lipinski definition) is 2. The summed E-state index contributed by atoms with van der Waals surface area (Å²) >= 11 is 0. The molecule has 0 bridgehead atoms. The minimum absolute atomic E-state index is 0.839. The molecule has 72 valence electrons. The molecule has 0 saturated heterocycles. The molecule has 1 rings (SSSR count). The largest absolute Gasteiger partial charge is 0.673 e. The molecule has 0 saturated carbocycles. The Kier molecular flexibility index (Phi) is 4.69. The SMILES string of the molecule is F[B-](F)(F)F.NC1=NCCCC1. The van der Waals surface area contributed by atoms with Gasteiger partial charge in [-0.1, -0.05) is 0 Å². The van der Waals surface area contributed by atoms with Crippen LogP contribution < -0.4 is 5.73 Å². The number of nitrogens with zero attached hydrogens (tertiary/aromatic N) is 1. The summed E-state index contributed by atoms with van der Waals surface area (Å²) in [6, 6.07) is 0. The van der Waals surface area contributed by atoms with Crippen molar-refractivity contribution in [2.75, 3.05) is 6.54 Å². The number of hydrogen-bond donors (Lipinski definition) is 1. The highest BCUT2D eigenvalue weighted by Gasteiger charge is 2.20. The van der Waals surface area contributed by atoms with Crippen LogP contribution in [0.2, 0.25) is 0 Å². The predicted octanol–water partition coefficient (Wildman–Crippen LogP) is 1.83. The summed E-state index contributed by atoms with van der Waals surface area (Å²) in [5.74, 6) is 0.839. The van der Waals surface area contributed by atoms with Gasteiger partial charge < -0.3 is 23.0 Å². The Bertz CT molecular complexity index is 150. The molecule has 7 heteroatoms. The molecule has 0 amide bonds. The molecule has 2 nitrogen and oxygen atoms in total. The Morgan fingerprint density at radius 2 is 1.67 bits per heavy atom. The Balaban J connectivity index is 0.000000217. The van der Waals surface area contributed by atoms with Crippen LogP contribution in [0, 0.1) is 0 Å². The van der Waals surface area contributed by atoms with Gasteiger partial charge in [-0.15, -0.1) is 0 Å². The molecule has 0 atom stereocenters. The predicted molar refractivity (Wildman–Crippen MR) is 40.5 cm³/mol. The lowest BCUT2D eigenvalue weighted by Gasteiger charge is -2.04. The van der Waals surface area contributed by atoms with Crippen molar-refractivity contribution in [3.63, 3.8) is 0 Å². The van der Waals surface area contributed by atoms with Crippen LogP contribution >= 0.6 is 0 Å². The molecule has 1 aliphatic rings. The summed E-state index contributed by atoms with van der Waals surface area (Å²) in [6.45, 7) is 0.950. The first kappa shape index (κ1) is 11.3. The van der Waals surface area contributed by atoms with E-state index in [4.69, 9.17) is 5.73 Å². The summed E-state index contributed by atoms with van der Waals surface area (Å²) in [6.07, 6.45) is 3.47. The van der Waals surface area contributed by atoms with Gasteiger partial charge in [-0.25, -0.2) is 0 Å². The third-order valence-corrected chi connectivity index (χ3v) is 1.16. The fraction of sp³-hybridized carbons (Fsp3) is 0.800. The van der Waals surface area contributed by atoms with Gasteiger partial charge in [0.1, 0.15) is 0 Å². The van der Waals surface area contributed by atoms with E-state index in [-0.39, 0.29) is 0 Å². The van der Waals surface area contributed by atoms with E-state index >= 15 is 0 Å². The lowest BCUT2D eigenvalue weighted by atomic mass is 10.2. The van der Waals surface area contributed by atoms with Crippen molar-refractivity contribution in [1.29, 1.82) is 0 Å². The van der Waals surface area contributed by atoms with Gasteiger partial charge in [0.15, 0.2) is 0 Å². The number of aliphatic imine (C=N–C) groups is 1. The maximum atomic E-state index is 9.75. The van der Waals surface area contributed by atoms with Crippen molar-refractivity contribution in [1.82, 2.24) is 0 Å². The standard InChI is InChI=1S/C5H10N2.BF4/c6-5-3-1-2-4-7-5;2-1(3,4)5/h1-4H2,(H2,6,7);/q;-1. The molecule has 0 aromatic heterocycles. The van der Waals surface area contributed by atoms with Crippen molar-refractivity contribution in [2.24, 2.45) is 10.7 Å². The maximum Gasteiger partial charge on any atom is 0.673 e. The van der Waals surface area contributed by atoms with Crippen LogP contribution in [0.5, 0.6) is 0 Å². The number of rotatable bonds is 0. The first-order valence-electron chi connectivity index (χ1n) is 3.55. The average Bonchev–Trinajstić information content (AvgIpc) is 1.85. The fourth-order valence-electron chi connectivity index (χ4n) is 0.720. The van der Waals surface area contributed by atoms with Crippen molar-refractivity contribution < 1.29 is 17.3 Å². The molecule has 0 unspecified atom stereocenters. The number of halogens is 4. The van der Waals surface area contributed by atoms with Crippen molar-refractivity contribution in [2.45, 2.75) is 19.3 Å². The molecule has 2 N–H and O–H groups in total. The van der Waals surface area contributed by atoms with Crippen LogP contribution in [-0.2, 0) is 0 Å². The third-order valence-electron chi connectivity index (χ3n) is 1.16. The second kappa shape index (κ2) is 5.00. The first-order chi connectivity index (χ1) is 5.39. The van der Waals surface area contributed by atoms with Crippen LogP contribution in [-0.4, -0.2) is 19.6 Å². The number of amidine groups is 1. The third kappa shape index (κ3) is 12.0. The summed E-state index contributed by atoms with van der Waals surface area (Å²) in [5, 5.41) is 0. The minimum atomic E-state index is -6.00. The zero-order valence-corrected chi connectivity index (χ0v) is 6.44. The van der Waals surface area contributed by atoms with Gasteiger partial charge in [-0.3, -0.25) is 4.99 Å². The summed E-state index contributed by atoms with van der Waals surface area (Å²) < 4.78 is 39.0. The highest BCUT2D eigenvalue weighted by molar-refractivity contribution is 6.50. The highest BCUT2D eigenvalue weighted by Crippen LogP contribution is 2.06. The Morgan fingerprint density at radius 3 is 1.83 bits per heavy atom.